The number of likely N-dealkylation sites (N-methyl/N-ethyl adjacent to an activating group) is 1. The first-order valence-corrected chi connectivity index (χ1v) is 9.50. The maximum atomic E-state index is 12.6. The van der Waals surface area contributed by atoms with E-state index in [1.54, 1.807) is 0 Å². The first-order valence-electron chi connectivity index (χ1n) is 9.50. The van der Waals surface area contributed by atoms with Crippen molar-refractivity contribution in [1.29, 1.82) is 0 Å². The molecule has 2 rings (SSSR count). The first kappa shape index (κ1) is 20.2. The average Bonchev–Trinajstić information content (AvgIpc) is 2.60. The fourth-order valence-electron chi connectivity index (χ4n) is 3.18. The predicted molar refractivity (Wildman–Crippen MR) is 105 cm³/mol. The van der Waals surface area contributed by atoms with Crippen LogP contribution in [0.1, 0.15) is 26.3 Å². The number of piperazine rings is 1. The minimum absolute atomic E-state index is 0.0288. The van der Waals surface area contributed by atoms with Gasteiger partial charge in [0, 0.05) is 37.9 Å². The van der Waals surface area contributed by atoms with Gasteiger partial charge in [-0.15, -0.1) is 0 Å². The van der Waals surface area contributed by atoms with Crippen molar-refractivity contribution in [2.45, 2.75) is 33.7 Å². The molecule has 1 aromatic rings. The maximum Gasteiger partial charge on any atom is 0.236 e. The third-order valence-electron chi connectivity index (χ3n) is 4.62. The number of anilines is 1. The summed E-state index contributed by atoms with van der Waals surface area (Å²) < 4.78 is 0. The van der Waals surface area contributed by atoms with Gasteiger partial charge in [-0.1, -0.05) is 19.1 Å². The molecule has 0 unspecified atom stereocenters. The summed E-state index contributed by atoms with van der Waals surface area (Å²) >= 11 is 0. The van der Waals surface area contributed by atoms with Gasteiger partial charge in [-0.3, -0.25) is 14.5 Å². The Morgan fingerprint density at radius 2 is 1.85 bits per heavy atom. The fourth-order valence-corrected chi connectivity index (χ4v) is 3.18. The van der Waals surface area contributed by atoms with E-state index in [4.69, 9.17) is 0 Å². The highest BCUT2D eigenvalue weighted by atomic mass is 16.2. The average molecular weight is 361 g/mol. The second kappa shape index (κ2) is 9.57. The lowest BCUT2D eigenvalue weighted by Gasteiger charge is -2.37. The SMILES string of the molecule is CCN(CC(=O)NC(C)C)CC(=O)N1CCN(c2cccc(C)c2)CC1. The first-order chi connectivity index (χ1) is 12.4. The van der Waals surface area contributed by atoms with Crippen LogP contribution in [0.5, 0.6) is 0 Å². The number of aryl methyl sites for hydroxylation is 1. The molecule has 1 N–H and O–H groups in total. The van der Waals surface area contributed by atoms with Crippen LogP contribution in [0.3, 0.4) is 0 Å². The largest absolute Gasteiger partial charge is 0.368 e. The molecule has 1 heterocycles. The molecule has 0 bridgehead atoms. The minimum Gasteiger partial charge on any atom is -0.368 e. The fraction of sp³-hybridized carbons (Fsp3) is 0.600. The van der Waals surface area contributed by atoms with E-state index >= 15 is 0 Å². The van der Waals surface area contributed by atoms with E-state index in [2.05, 4.69) is 41.4 Å². The highest BCUT2D eigenvalue weighted by molar-refractivity contribution is 5.81. The molecule has 0 radical (unpaired) electrons. The monoisotopic (exact) mass is 360 g/mol. The summed E-state index contributed by atoms with van der Waals surface area (Å²) in [7, 11) is 0. The van der Waals surface area contributed by atoms with Gasteiger partial charge < -0.3 is 15.1 Å². The predicted octanol–water partition coefficient (Wildman–Crippen LogP) is 1.49. The second-order valence-corrected chi connectivity index (χ2v) is 7.23. The van der Waals surface area contributed by atoms with Gasteiger partial charge in [-0.05, 0) is 45.0 Å². The third-order valence-corrected chi connectivity index (χ3v) is 4.62. The summed E-state index contributed by atoms with van der Waals surface area (Å²) in [6, 6.07) is 8.59. The Kier molecular flexibility index (Phi) is 7.45. The maximum absolute atomic E-state index is 12.6. The number of benzene rings is 1. The molecule has 1 aliphatic rings. The summed E-state index contributed by atoms with van der Waals surface area (Å²) in [4.78, 5) is 30.7. The molecule has 0 atom stereocenters. The molecule has 0 saturated carbocycles. The van der Waals surface area contributed by atoms with E-state index < -0.39 is 0 Å². The molecule has 2 amide bonds. The van der Waals surface area contributed by atoms with Crippen molar-refractivity contribution >= 4 is 17.5 Å². The van der Waals surface area contributed by atoms with Gasteiger partial charge in [0.15, 0.2) is 0 Å². The van der Waals surface area contributed by atoms with Gasteiger partial charge in [-0.2, -0.15) is 0 Å². The summed E-state index contributed by atoms with van der Waals surface area (Å²) in [6.45, 7) is 12.3. The van der Waals surface area contributed by atoms with Gasteiger partial charge in [-0.25, -0.2) is 0 Å². The van der Waals surface area contributed by atoms with Gasteiger partial charge in [0.05, 0.1) is 13.1 Å². The zero-order valence-electron chi connectivity index (χ0n) is 16.5. The number of rotatable bonds is 7. The summed E-state index contributed by atoms with van der Waals surface area (Å²) in [5, 5.41) is 2.88. The van der Waals surface area contributed by atoms with Gasteiger partial charge in [0.1, 0.15) is 0 Å². The van der Waals surface area contributed by atoms with Crippen LogP contribution in [0.2, 0.25) is 0 Å². The molecular formula is C20H32N4O2. The van der Waals surface area contributed by atoms with E-state index in [-0.39, 0.29) is 24.4 Å². The van der Waals surface area contributed by atoms with E-state index in [0.717, 1.165) is 26.2 Å². The number of carbonyl (C=O) groups is 2. The topological polar surface area (TPSA) is 55.9 Å². The molecule has 6 nitrogen and oxygen atoms in total. The van der Waals surface area contributed by atoms with Crippen molar-refractivity contribution in [3.05, 3.63) is 29.8 Å². The van der Waals surface area contributed by atoms with Crippen molar-refractivity contribution in [2.24, 2.45) is 0 Å². The molecule has 1 aliphatic heterocycles. The van der Waals surface area contributed by atoms with Crippen LogP contribution in [0.4, 0.5) is 5.69 Å². The Morgan fingerprint density at radius 1 is 1.15 bits per heavy atom. The lowest BCUT2D eigenvalue weighted by Crippen LogP contribution is -2.52. The normalized spacial score (nSPS) is 14.8. The zero-order valence-corrected chi connectivity index (χ0v) is 16.5. The van der Waals surface area contributed by atoms with E-state index in [9.17, 15) is 9.59 Å². The van der Waals surface area contributed by atoms with Crippen LogP contribution in [0, 0.1) is 6.92 Å². The number of hydrogen-bond acceptors (Lipinski definition) is 4. The number of carbonyl (C=O) groups excluding carboxylic acids is 2. The van der Waals surface area contributed by atoms with Crippen molar-refractivity contribution < 1.29 is 9.59 Å². The number of hydrogen-bond donors (Lipinski definition) is 1. The molecule has 0 aliphatic carbocycles. The van der Waals surface area contributed by atoms with E-state index in [1.807, 2.05) is 30.6 Å². The molecule has 0 aromatic heterocycles. The highest BCUT2D eigenvalue weighted by Crippen LogP contribution is 2.17. The van der Waals surface area contributed by atoms with Gasteiger partial charge in [0.2, 0.25) is 11.8 Å². The number of nitrogens with zero attached hydrogens (tertiary/aromatic N) is 3. The Balaban J connectivity index is 1.82. The molecule has 1 saturated heterocycles. The Labute approximate surface area is 157 Å². The Morgan fingerprint density at radius 3 is 2.42 bits per heavy atom. The molecule has 1 fully saturated rings. The van der Waals surface area contributed by atoms with Crippen molar-refractivity contribution in [2.75, 3.05) is 50.7 Å². The van der Waals surface area contributed by atoms with Crippen molar-refractivity contribution in [1.82, 2.24) is 15.1 Å². The number of amides is 2. The highest BCUT2D eigenvalue weighted by Gasteiger charge is 2.23. The summed E-state index contributed by atoms with van der Waals surface area (Å²) in [5.74, 6) is 0.0759. The molecular weight excluding hydrogens is 328 g/mol. The number of nitrogens with one attached hydrogen (secondary N) is 1. The molecule has 144 valence electrons. The Bertz CT molecular complexity index is 610. The Hall–Kier alpha value is -2.08. The van der Waals surface area contributed by atoms with Crippen LogP contribution in [0.15, 0.2) is 24.3 Å². The molecule has 1 aromatic carbocycles. The lowest BCUT2D eigenvalue weighted by molar-refractivity contribution is -0.133. The van der Waals surface area contributed by atoms with Crippen LogP contribution in [0.25, 0.3) is 0 Å². The standard InChI is InChI=1S/C20H32N4O2/c1-5-22(14-19(25)21-16(2)3)15-20(26)24-11-9-23(10-12-24)18-8-6-7-17(4)13-18/h6-8,13,16H,5,9-12,14-15H2,1-4H3,(H,21,25). The van der Waals surface area contributed by atoms with Crippen LogP contribution in [-0.2, 0) is 9.59 Å². The van der Waals surface area contributed by atoms with Crippen LogP contribution >= 0.6 is 0 Å². The summed E-state index contributed by atoms with van der Waals surface area (Å²) in [5.41, 5.74) is 2.47. The smallest absolute Gasteiger partial charge is 0.236 e. The molecule has 26 heavy (non-hydrogen) atoms. The van der Waals surface area contributed by atoms with Gasteiger partial charge >= 0.3 is 0 Å². The molecule has 6 heteroatoms. The van der Waals surface area contributed by atoms with Crippen molar-refractivity contribution in [3.63, 3.8) is 0 Å². The summed E-state index contributed by atoms with van der Waals surface area (Å²) in [6.07, 6.45) is 0. The van der Waals surface area contributed by atoms with E-state index in [1.165, 1.54) is 11.3 Å². The second-order valence-electron chi connectivity index (χ2n) is 7.23. The van der Waals surface area contributed by atoms with Gasteiger partial charge in [0.25, 0.3) is 0 Å². The van der Waals surface area contributed by atoms with E-state index in [0.29, 0.717) is 13.1 Å². The van der Waals surface area contributed by atoms with Crippen molar-refractivity contribution in [3.8, 4) is 0 Å². The van der Waals surface area contributed by atoms with Crippen LogP contribution < -0.4 is 10.2 Å². The molecule has 0 spiro atoms. The van der Waals surface area contributed by atoms with Crippen LogP contribution in [-0.4, -0.2) is 73.5 Å². The zero-order chi connectivity index (χ0) is 19.1. The lowest BCUT2D eigenvalue weighted by atomic mass is 10.2. The quantitative estimate of drug-likeness (QED) is 0.800. The third kappa shape index (κ3) is 6.02. The minimum atomic E-state index is -0.0288.